The maximum atomic E-state index is 12.6. The number of rotatable bonds is 8. The summed E-state index contributed by atoms with van der Waals surface area (Å²) >= 11 is 0. The minimum atomic E-state index is -0.940. The van der Waals surface area contributed by atoms with E-state index in [4.69, 9.17) is 4.74 Å². The molecule has 3 N–H and O–H groups in total. The van der Waals surface area contributed by atoms with Gasteiger partial charge in [0.15, 0.2) is 0 Å². The first-order chi connectivity index (χ1) is 15.9. The van der Waals surface area contributed by atoms with Crippen LogP contribution in [0.25, 0.3) is 11.1 Å². The number of nitrogens with one attached hydrogen (secondary N) is 2. The molecule has 2 atom stereocenters. The Bertz CT molecular complexity index is 985. The normalized spacial score (nSPS) is 17.0. The smallest absolute Gasteiger partial charge is 0.407 e. The summed E-state index contributed by atoms with van der Waals surface area (Å²) in [6.45, 7) is 1.74. The van der Waals surface area contributed by atoms with E-state index in [-0.39, 0.29) is 24.9 Å². The van der Waals surface area contributed by atoms with Crippen molar-refractivity contribution >= 4 is 18.0 Å². The Morgan fingerprint density at radius 1 is 0.970 bits per heavy atom. The van der Waals surface area contributed by atoms with Crippen molar-refractivity contribution in [3.05, 3.63) is 59.7 Å². The van der Waals surface area contributed by atoms with E-state index in [2.05, 4.69) is 22.8 Å². The number of aliphatic carboxylic acids is 1. The standard InChI is InChI=1S/C26H30N2O5/c1-16(25(31)28-23(14-24(29)30)17-8-2-3-9-17)27-26(32)33-15-22-20-12-6-4-10-18(20)19-11-5-7-13-21(19)22/h4-7,10-13,16-17,22-23H,2-3,8-9,14-15H2,1H3,(H,27,32)(H,28,31)(H,29,30)/t16-,23?/m0/s1. The van der Waals surface area contributed by atoms with Gasteiger partial charge in [-0.15, -0.1) is 0 Å². The number of amides is 2. The third-order valence-corrected chi connectivity index (χ3v) is 6.76. The van der Waals surface area contributed by atoms with Crippen LogP contribution in [0.1, 0.15) is 56.1 Å². The van der Waals surface area contributed by atoms with Crippen molar-refractivity contribution in [1.82, 2.24) is 10.6 Å². The van der Waals surface area contributed by atoms with Crippen molar-refractivity contribution in [2.24, 2.45) is 5.92 Å². The number of carbonyl (C=O) groups excluding carboxylic acids is 2. The maximum Gasteiger partial charge on any atom is 0.407 e. The molecule has 2 aromatic rings. The molecule has 2 aliphatic carbocycles. The van der Waals surface area contributed by atoms with Gasteiger partial charge in [-0.1, -0.05) is 61.4 Å². The van der Waals surface area contributed by atoms with Crippen LogP contribution < -0.4 is 10.6 Å². The molecule has 33 heavy (non-hydrogen) atoms. The summed E-state index contributed by atoms with van der Waals surface area (Å²) < 4.78 is 5.51. The van der Waals surface area contributed by atoms with Gasteiger partial charge in [0.25, 0.3) is 0 Å². The van der Waals surface area contributed by atoms with Gasteiger partial charge in [0, 0.05) is 12.0 Å². The lowest BCUT2D eigenvalue weighted by Crippen LogP contribution is -2.50. The number of ether oxygens (including phenoxy) is 1. The monoisotopic (exact) mass is 450 g/mol. The van der Waals surface area contributed by atoms with Gasteiger partial charge in [-0.05, 0) is 47.9 Å². The number of benzene rings is 2. The van der Waals surface area contributed by atoms with E-state index >= 15 is 0 Å². The zero-order chi connectivity index (χ0) is 23.4. The second-order valence-electron chi connectivity index (χ2n) is 8.95. The van der Waals surface area contributed by atoms with Crippen molar-refractivity contribution in [3.8, 4) is 11.1 Å². The quantitative estimate of drug-likeness (QED) is 0.563. The van der Waals surface area contributed by atoms with Gasteiger partial charge in [-0.2, -0.15) is 0 Å². The summed E-state index contributed by atoms with van der Waals surface area (Å²) in [5.74, 6) is -1.24. The first kappa shape index (κ1) is 22.8. The summed E-state index contributed by atoms with van der Waals surface area (Å²) in [5.41, 5.74) is 4.52. The molecule has 1 fully saturated rings. The highest BCUT2D eigenvalue weighted by Gasteiger charge is 2.31. The van der Waals surface area contributed by atoms with Crippen LogP contribution in [0.3, 0.4) is 0 Å². The molecular weight excluding hydrogens is 420 g/mol. The molecule has 7 nitrogen and oxygen atoms in total. The lowest BCUT2D eigenvalue weighted by molar-refractivity contribution is -0.138. The molecule has 0 aromatic heterocycles. The lowest BCUT2D eigenvalue weighted by Gasteiger charge is -2.25. The maximum absolute atomic E-state index is 12.6. The van der Waals surface area contributed by atoms with Crippen LogP contribution in [0.4, 0.5) is 4.79 Å². The molecule has 1 unspecified atom stereocenters. The van der Waals surface area contributed by atoms with Crippen molar-refractivity contribution in [3.63, 3.8) is 0 Å². The predicted octanol–water partition coefficient (Wildman–Crippen LogP) is 4.06. The molecule has 2 aliphatic rings. The Hall–Kier alpha value is -3.35. The summed E-state index contributed by atoms with van der Waals surface area (Å²) in [6, 6.07) is 14.9. The van der Waals surface area contributed by atoms with Gasteiger partial charge < -0.3 is 20.5 Å². The molecule has 2 aromatic carbocycles. The zero-order valence-electron chi connectivity index (χ0n) is 18.8. The summed E-state index contributed by atoms with van der Waals surface area (Å²) in [7, 11) is 0. The first-order valence-electron chi connectivity index (χ1n) is 11.6. The SMILES string of the molecule is C[C@H](NC(=O)OCC1c2ccccc2-c2ccccc21)C(=O)NC(CC(=O)O)C1CCCC1. The molecule has 174 valence electrons. The summed E-state index contributed by atoms with van der Waals surface area (Å²) in [5, 5.41) is 14.6. The first-order valence-corrected chi connectivity index (χ1v) is 11.6. The van der Waals surface area contributed by atoms with Crippen molar-refractivity contribution in [2.75, 3.05) is 6.61 Å². The van der Waals surface area contributed by atoms with Gasteiger partial charge in [-0.25, -0.2) is 4.79 Å². The number of hydrogen-bond donors (Lipinski definition) is 3. The molecule has 0 radical (unpaired) electrons. The van der Waals surface area contributed by atoms with E-state index in [9.17, 15) is 19.5 Å². The molecule has 0 saturated heterocycles. The average Bonchev–Trinajstić information content (AvgIpc) is 3.44. The fraction of sp³-hybridized carbons (Fsp3) is 0.423. The summed E-state index contributed by atoms with van der Waals surface area (Å²) in [6.07, 6.45) is 3.12. The Balaban J connectivity index is 1.33. The van der Waals surface area contributed by atoms with E-state index in [1.165, 1.54) is 0 Å². The molecule has 0 bridgehead atoms. The molecular formula is C26H30N2O5. The molecule has 2 amide bonds. The highest BCUT2D eigenvalue weighted by atomic mass is 16.5. The number of carbonyl (C=O) groups is 3. The zero-order valence-corrected chi connectivity index (χ0v) is 18.8. The predicted molar refractivity (Wildman–Crippen MR) is 124 cm³/mol. The van der Waals surface area contributed by atoms with Gasteiger partial charge in [0.2, 0.25) is 5.91 Å². The van der Waals surface area contributed by atoms with Crippen molar-refractivity contribution in [1.29, 1.82) is 0 Å². The summed E-state index contributed by atoms with van der Waals surface area (Å²) in [4.78, 5) is 36.3. The van der Waals surface area contributed by atoms with Crippen LogP contribution in [-0.2, 0) is 14.3 Å². The van der Waals surface area contributed by atoms with E-state index in [1.807, 2.05) is 36.4 Å². The number of alkyl carbamates (subject to hydrolysis) is 1. The molecule has 0 aliphatic heterocycles. The molecule has 1 saturated carbocycles. The van der Waals surface area contributed by atoms with E-state index in [0.29, 0.717) is 0 Å². The second kappa shape index (κ2) is 10.1. The van der Waals surface area contributed by atoms with Crippen LogP contribution in [0.15, 0.2) is 48.5 Å². The number of fused-ring (bicyclic) bond motifs is 3. The van der Waals surface area contributed by atoms with Gasteiger partial charge in [-0.3, -0.25) is 9.59 Å². The van der Waals surface area contributed by atoms with Crippen LogP contribution in [0, 0.1) is 5.92 Å². The fourth-order valence-corrected chi connectivity index (χ4v) is 5.07. The van der Waals surface area contributed by atoms with Crippen LogP contribution in [-0.4, -0.2) is 41.8 Å². The third-order valence-electron chi connectivity index (χ3n) is 6.76. The number of hydrogen-bond acceptors (Lipinski definition) is 4. The van der Waals surface area contributed by atoms with E-state index in [0.717, 1.165) is 47.9 Å². The van der Waals surface area contributed by atoms with Gasteiger partial charge in [0.05, 0.1) is 6.42 Å². The fourth-order valence-electron chi connectivity index (χ4n) is 5.07. The number of carboxylic acid groups (broad SMARTS) is 1. The van der Waals surface area contributed by atoms with E-state index in [1.54, 1.807) is 6.92 Å². The Morgan fingerprint density at radius 3 is 2.12 bits per heavy atom. The Morgan fingerprint density at radius 2 is 1.55 bits per heavy atom. The average molecular weight is 451 g/mol. The molecule has 0 spiro atoms. The lowest BCUT2D eigenvalue weighted by atomic mass is 9.95. The van der Waals surface area contributed by atoms with Gasteiger partial charge in [0.1, 0.15) is 12.6 Å². The minimum absolute atomic E-state index is 0.0606. The Kier molecular flexibility index (Phi) is 6.96. The number of carboxylic acids is 1. The van der Waals surface area contributed by atoms with E-state index < -0.39 is 30.1 Å². The topological polar surface area (TPSA) is 105 Å². The third kappa shape index (κ3) is 5.18. The largest absolute Gasteiger partial charge is 0.481 e. The highest BCUT2D eigenvalue weighted by Crippen LogP contribution is 2.44. The van der Waals surface area contributed by atoms with Crippen LogP contribution >= 0.6 is 0 Å². The van der Waals surface area contributed by atoms with Crippen LogP contribution in [0.5, 0.6) is 0 Å². The molecule has 7 heteroatoms. The van der Waals surface area contributed by atoms with Crippen LogP contribution in [0.2, 0.25) is 0 Å². The van der Waals surface area contributed by atoms with Gasteiger partial charge >= 0.3 is 12.1 Å². The minimum Gasteiger partial charge on any atom is -0.481 e. The van der Waals surface area contributed by atoms with Crippen molar-refractivity contribution < 1.29 is 24.2 Å². The highest BCUT2D eigenvalue weighted by molar-refractivity contribution is 5.86. The Labute approximate surface area is 193 Å². The molecule has 0 heterocycles. The molecule has 4 rings (SSSR count). The second-order valence-corrected chi connectivity index (χ2v) is 8.95. The van der Waals surface area contributed by atoms with Crippen molar-refractivity contribution in [2.45, 2.75) is 57.0 Å².